The molecule has 2 rings (SSSR count). The molecular weight excluding hydrogens is 320 g/mol. The Morgan fingerprint density at radius 3 is 2.40 bits per heavy atom. The first kappa shape index (κ1) is 18.3. The number of para-hydroxylation sites is 1. The molecule has 0 amide bonds. The number of benzene rings is 2. The van der Waals surface area contributed by atoms with Gasteiger partial charge in [0.25, 0.3) is 0 Å². The smallest absolute Gasteiger partial charge is 0.343 e. The molecule has 2 aromatic rings. The van der Waals surface area contributed by atoms with Gasteiger partial charge in [0.15, 0.2) is 12.4 Å². The maximum atomic E-state index is 12.3. The number of ether oxygens (including phenoxy) is 3. The highest BCUT2D eigenvalue weighted by Gasteiger charge is 2.05. The molecule has 0 spiro atoms. The molecule has 0 aromatic heterocycles. The third-order valence-corrected chi connectivity index (χ3v) is 3.36. The predicted molar refractivity (Wildman–Crippen MR) is 94.9 cm³/mol. The van der Waals surface area contributed by atoms with Crippen molar-refractivity contribution in [2.75, 3.05) is 20.3 Å². The average molecular weight is 340 g/mol. The molecule has 0 aliphatic carbocycles. The van der Waals surface area contributed by atoms with Gasteiger partial charge in [-0.15, -0.1) is 0 Å². The van der Waals surface area contributed by atoms with E-state index in [2.05, 4.69) is 4.74 Å². The zero-order chi connectivity index (χ0) is 18.1. The maximum Gasteiger partial charge on any atom is 0.343 e. The van der Waals surface area contributed by atoms with Gasteiger partial charge in [0.2, 0.25) is 0 Å². The third-order valence-electron chi connectivity index (χ3n) is 3.36. The molecule has 0 N–H and O–H groups in total. The van der Waals surface area contributed by atoms with Crippen LogP contribution in [0, 0.1) is 0 Å². The lowest BCUT2D eigenvalue weighted by Crippen LogP contribution is -2.12. The molecule has 0 bridgehead atoms. The van der Waals surface area contributed by atoms with E-state index in [-0.39, 0.29) is 12.4 Å². The molecule has 0 heterocycles. The third kappa shape index (κ3) is 5.49. The van der Waals surface area contributed by atoms with Crippen molar-refractivity contribution in [3.05, 3.63) is 65.7 Å². The van der Waals surface area contributed by atoms with Gasteiger partial charge >= 0.3 is 5.97 Å². The summed E-state index contributed by atoms with van der Waals surface area (Å²) >= 11 is 0. The predicted octanol–water partition coefficient (Wildman–Crippen LogP) is 3.53. The fourth-order valence-corrected chi connectivity index (χ4v) is 2.08. The number of allylic oxidation sites excluding steroid dienone is 1. The largest absolute Gasteiger partial charge is 0.493 e. The minimum absolute atomic E-state index is 0.134. The van der Waals surface area contributed by atoms with Crippen molar-refractivity contribution in [1.29, 1.82) is 0 Å². The molecule has 0 saturated carbocycles. The molecule has 0 saturated heterocycles. The Morgan fingerprint density at radius 1 is 1.00 bits per heavy atom. The molecule has 0 fully saturated rings. The van der Waals surface area contributed by atoms with Crippen molar-refractivity contribution in [2.45, 2.75) is 6.92 Å². The van der Waals surface area contributed by atoms with Crippen molar-refractivity contribution in [2.24, 2.45) is 0 Å². The van der Waals surface area contributed by atoms with E-state index in [0.29, 0.717) is 17.9 Å². The van der Waals surface area contributed by atoms with E-state index >= 15 is 0 Å². The second-order valence-electron chi connectivity index (χ2n) is 5.06. The molecule has 2 aromatic carbocycles. The van der Waals surface area contributed by atoms with Gasteiger partial charge in [-0.25, -0.2) is 4.79 Å². The lowest BCUT2D eigenvalue weighted by atomic mass is 10.1. The first-order valence-corrected chi connectivity index (χ1v) is 7.88. The van der Waals surface area contributed by atoms with Crippen LogP contribution in [0.3, 0.4) is 0 Å². The molecule has 0 aliphatic heterocycles. The Labute approximate surface area is 146 Å². The van der Waals surface area contributed by atoms with Crippen LogP contribution >= 0.6 is 0 Å². The summed E-state index contributed by atoms with van der Waals surface area (Å²) in [6, 6.07) is 14.1. The van der Waals surface area contributed by atoms with Crippen LogP contribution in [0.5, 0.6) is 11.5 Å². The Balaban J connectivity index is 2.02. The number of ketones is 1. The van der Waals surface area contributed by atoms with Gasteiger partial charge in [-0.3, -0.25) is 4.79 Å². The summed E-state index contributed by atoms with van der Waals surface area (Å²) in [4.78, 5) is 23.3. The Hall–Kier alpha value is -3.08. The number of hydrogen-bond acceptors (Lipinski definition) is 5. The number of esters is 1. The summed E-state index contributed by atoms with van der Waals surface area (Å²) in [5.41, 5.74) is 1.37. The van der Waals surface area contributed by atoms with Gasteiger partial charge in [0.05, 0.1) is 13.7 Å². The molecule has 5 nitrogen and oxygen atoms in total. The van der Waals surface area contributed by atoms with Crippen molar-refractivity contribution < 1.29 is 23.8 Å². The monoisotopic (exact) mass is 340 g/mol. The molecule has 0 unspecified atom stereocenters. The summed E-state index contributed by atoms with van der Waals surface area (Å²) < 4.78 is 15.3. The van der Waals surface area contributed by atoms with Gasteiger partial charge in [-0.2, -0.15) is 0 Å². The summed E-state index contributed by atoms with van der Waals surface area (Å²) in [7, 11) is 1.30. The topological polar surface area (TPSA) is 61.8 Å². The van der Waals surface area contributed by atoms with Crippen molar-refractivity contribution in [3.63, 3.8) is 0 Å². The summed E-state index contributed by atoms with van der Waals surface area (Å²) in [5, 5.41) is 0. The van der Waals surface area contributed by atoms with E-state index in [1.54, 1.807) is 30.3 Å². The molecule has 0 radical (unpaired) electrons. The van der Waals surface area contributed by atoms with E-state index in [4.69, 9.17) is 9.47 Å². The minimum atomic E-state index is -0.462. The SMILES string of the molecule is CCOc1ccccc1/C=C/C(=O)c1ccc(OCC(=O)OC)cc1. The van der Waals surface area contributed by atoms with Crippen molar-refractivity contribution in [1.82, 2.24) is 0 Å². The van der Waals surface area contributed by atoms with E-state index in [9.17, 15) is 9.59 Å². The standard InChI is InChI=1S/C20H20O5/c1-3-24-19-7-5-4-6-16(19)10-13-18(21)15-8-11-17(12-9-15)25-14-20(22)23-2/h4-13H,3,14H2,1-2H3/b13-10+. The molecule has 5 heteroatoms. The highest BCUT2D eigenvalue weighted by atomic mass is 16.6. The number of carbonyl (C=O) groups is 2. The fourth-order valence-electron chi connectivity index (χ4n) is 2.08. The average Bonchev–Trinajstić information content (AvgIpc) is 2.65. The van der Waals surface area contributed by atoms with Crippen LogP contribution in [-0.2, 0) is 9.53 Å². The van der Waals surface area contributed by atoms with Crippen LogP contribution in [-0.4, -0.2) is 32.1 Å². The summed E-state index contributed by atoms with van der Waals surface area (Å²) in [5.74, 6) is 0.634. The maximum absolute atomic E-state index is 12.3. The van der Waals surface area contributed by atoms with Crippen molar-refractivity contribution in [3.8, 4) is 11.5 Å². The number of carbonyl (C=O) groups excluding carboxylic acids is 2. The normalized spacial score (nSPS) is 10.5. The van der Waals surface area contributed by atoms with Crippen LogP contribution in [0.4, 0.5) is 0 Å². The second-order valence-corrected chi connectivity index (χ2v) is 5.06. The zero-order valence-corrected chi connectivity index (χ0v) is 14.2. The van der Waals surface area contributed by atoms with Crippen molar-refractivity contribution >= 4 is 17.8 Å². The first-order valence-electron chi connectivity index (χ1n) is 7.88. The lowest BCUT2D eigenvalue weighted by molar-refractivity contribution is -0.142. The summed E-state index contributed by atoms with van der Waals surface area (Å²) in [6.07, 6.45) is 3.23. The number of rotatable bonds is 8. The van der Waals surface area contributed by atoms with Crippen LogP contribution < -0.4 is 9.47 Å². The lowest BCUT2D eigenvalue weighted by Gasteiger charge is -2.06. The van der Waals surface area contributed by atoms with E-state index in [0.717, 1.165) is 11.3 Å². The highest BCUT2D eigenvalue weighted by Crippen LogP contribution is 2.20. The zero-order valence-electron chi connectivity index (χ0n) is 14.2. The fraction of sp³-hybridized carbons (Fsp3) is 0.200. The molecular formula is C20H20O5. The molecule has 25 heavy (non-hydrogen) atoms. The van der Waals surface area contributed by atoms with Gasteiger partial charge in [-0.05, 0) is 49.4 Å². The molecule has 0 atom stereocenters. The van der Waals surface area contributed by atoms with Crippen LogP contribution in [0.15, 0.2) is 54.6 Å². The second kappa shape index (κ2) is 9.27. The Morgan fingerprint density at radius 2 is 1.72 bits per heavy atom. The number of hydrogen-bond donors (Lipinski definition) is 0. The van der Waals surface area contributed by atoms with Crippen LogP contribution in [0.1, 0.15) is 22.8 Å². The number of methoxy groups -OCH3 is 1. The highest BCUT2D eigenvalue weighted by molar-refractivity contribution is 6.07. The van der Waals surface area contributed by atoms with Gasteiger partial charge in [0, 0.05) is 11.1 Å². The van der Waals surface area contributed by atoms with Crippen LogP contribution in [0.25, 0.3) is 6.08 Å². The van der Waals surface area contributed by atoms with Gasteiger partial charge in [-0.1, -0.05) is 18.2 Å². The van der Waals surface area contributed by atoms with Crippen LogP contribution in [0.2, 0.25) is 0 Å². The van der Waals surface area contributed by atoms with E-state index in [1.165, 1.54) is 13.2 Å². The van der Waals surface area contributed by atoms with E-state index < -0.39 is 5.97 Å². The Kier molecular flexibility index (Phi) is 6.77. The quantitative estimate of drug-likeness (QED) is 0.418. The summed E-state index contributed by atoms with van der Waals surface area (Å²) in [6.45, 7) is 2.30. The van der Waals surface area contributed by atoms with E-state index in [1.807, 2.05) is 31.2 Å². The minimum Gasteiger partial charge on any atom is -0.493 e. The molecule has 0 aliphatic rings. The molecule has 130 valence electrons. The van der Waals surface area contributed by atoms with Gasteiger partial charge < -0.3 is 14.2 Å². The Bertz CT molecular complexity index is 747. The first-order chi connectivity index (χ1) is 12.1. The van der Waals surface area contributed by atoms with Gasteiger partial charge in [0.1, 0.15) is 11.5 Å².